The highest BCUT2D eigenvalue weighted by Crippen LogP contribution is 2.30. The fourth-order valence-corrected chi connectivity index (χ4v) is 3.59. The number of esters is 2. The van der Waals surface area contributed by atoms with Gasteiger partial charge in [0, 0.05) is 17.8 Å². The van der Waals surface area contributed by atoms with Crippen LogP contribution in [-0.4, -0.2) is 40.4 Å². The van der Waals surface area contributed by atoms with Crippen LogP contribution in [0.3, 0.4) is 0 Å². The number of anilines is 1. The molecule has 0 spiro atoms. The Morgan fingerprint density at radius 1 is 1.14 bits per heavy atom. The van der Waals surface area contributed by atoms with Gasteiger partial charge in [-0.25, -0.2) is 19.0 Å². The number of amides is 1. The molecular formula is C19H18FN3O5S. The number of ether oxygens (including phenoxy) is 2. The lowest BCUT2D eigenvalue weighted by molar-refractivity contribution is -0.115. The number of pyridine rings is 1. The van der Waals surface area contributed by atoms with E-state index in [1.165, 1.54) is 28.1 Å². The molecule has 3 aromatic rings. The zero-order valence-electron chi connectivity index (χ0n) is 15.7. The van der Waals surface area contributed by atoms with Crippen molar-refractivity contribution in [3.05, 3.63) is 52.5 Å². The Labute approximate surface area is 169 Å². The van der Waals surface area contributed by atoms with Crippen molar-refractivity contribution < 1.29 is 28.2 Å². The van der Waals surface area contributed by atoms with Crippen LogP contribution in [-0.2, 0) is 20.7 Å². The summed E-state index contributed by atoms with van der Waals surface area (Å²) in [6.45, 7) is 3.55. The number of carbonyl (C=O) groups is 3. The molecule has 0 aromatic carbocycles. The number of aromatic nitrogens is 2. The standard InChI is InChI=1S/C19H18FN3O5S/c1-3-27-18(25)13-10-29-17(16(13)19(26)28-4-2)22-15(24)7-12-9-23-8-11(20)5-6-14(23)21-12/h5-6,8-10H,3-4,7H2,1-2H3,(H,22,24). The largest absolute Gasteiger partial charge is 0.462 e. The summed E-state index contributed by atoms with van der Waals surface area (Å²) < 4.78 is 24.7. The van der Waals surface area contributed by atoms with Crippen molar-refractivity contribution in [3.8, 4) is 0 Å². The Balaban J connectivity index is 1.81. The Morgan fingerprint density at radius 3 is 2.59 bits per heavy atom. The van der Waals surface area contributed by atoms with Crippen molar-refractivity contribution >= 4 is 39.8 Å². The minimum Gasteiger partial charge on any atom is -0.462 e. The van der Waals surface area contributed by atoms with Crippen molar-refractivity contribution in [3.63, 3.8) is 0 Å². The summed E-state index contributed by atoms with van der Waals surface area (Å²) in [5, 5.41) is 4.24. The van der Waals surface area contributed by atoms with Gasteiger partial charge in [-0.2, -0.15) is 0 Å². The van der Waals surface area contributed by atoms with Gasteiger partial charge in [0.25, 0.3) is 0 Å². The van der Waals surface area contributed by atoms with Crippen molar-refractivity contribution in [2.45, 2.75) is 20.3 Å². The SMILES string of the molecule is CCOC(=O)c1csc(NC(=O)Cc2cn3cc(F)ccc3n2)c1C(=O)OCC. The van der Waals surface area contributed by atoms with Gasteiger partial charge in [-0.15, -0.1) is 11.3 Å². The van der Waals surface area contributed by atoms with Gasteiger partial charge < -0.3 is 19.2 Å². The molecule has 0 radical (unpaired) electrons. The van der Waals surface area contributed by atoms with Crippen LogP contribution < -0.4 is 5.32 Å². The van der Waals surface area contributed by atoms with Crippen LogP contribution in [0.4, 0.5) is 9.39 Å². The van der Waals surface area contributed by atoms with E-state index < -0.39 is 23.7 Å². The molecule has 0 aliphatic carbocycles. The van der Waals surface area contributed by atoms with Crippen molar-refractivity contribution in [1.82, 2.24) is 9.38 Å². The number of halogens is 1. The van der Waals surface area contributed by atoms with Crippen LogP contribution >= 0.6 is 11.3 Å². The molecule has 0 atom stereocenters. The van der Waals surface area contributed by atoms with Crippen molar-refractivity contribution in [1.29, 1.82) is 0 Å². The second kappa shape index (κ2) is 8.82. The summed E-state index contributed by atoms with van der Waals surface area (Å²) in [4.78, 5) is 41.2. The summed E-state index contributed by atoms with van der Waals surface area (Å²) in [7, 11) is 0. The van der Waals surface area contributed by atoms with E-state index in [2.05, 4.69) is 10.3 Å². The van der Waals surface area contributed by atoms with Gasteiger partial charge in [-0.05, 0) is 26.0 Å². The fourth-order valence-electron chi connectivity index (χ4n) is 2.65. The van der Waals surface area contributed by atoms with E-state index in [1.54, 1.807) is 20.0 Å². The minimum atomic E-state index is -0.727. The van der Waals surface area contributed by atoms with Crippen molar-refractivity contribution in [2.24, 2.45) is 0 Å². The summed E-state index contributed by atoms with van der Waals surface area (Å²) in [6, 6.07) is 2.78. The predicted molar refractivity (Wildman–Crippen MR) is 104 cm³/mol. The topological polar surface area (TPSA) is 99.0 Å². The number of nitrogens with one attached hydrogen (secondary N) is 1. The molecule has 29 heavy (non-hydrogen) atoms. The number of imidazole rings is 1. The number of fused-ring (bicyclic) bond motifs is 1. The van der Waals surface area contributed by atoms with Crippen LogP contribution in [0.25, 0.3) is 5.65 Å². The Bertz CT molecular complexity index is 1080. The average molecular weight is 419 g/mol. The molecule has 0 saturated carbocycles. The lowest BCUT2D eigenvalue weighted by Gasteiger charge is -2.08. The third kappa shape index (κ3) is 4.60. The first-order chi connectivity index (χ1) is 13.9. The van der Waals surface area contributed by atoms with E-state index in [-0.39, 0.29) is 35.8 Å². The molecule has 0 bridgehead atoms. The van der Waals surface area contributed by atoms with Crippen LogP contribution in [0.1, 0.15) is 40.3 Å². The Hall–Kier alpha value is -3.27. The van der Waals surface area contributed by atoms with Gasteiger partial charge >= 0.3 is 11.9 Å². The molecule has 3 aromatic heterocycles. The van der Waals surface area contributed by atoms with E-state index in [1.807, 2.05) is 0 Å². The van der Waals surface area contributed by atoms with E-state index in [0.717, 1.165) is 11.3 Å². The first kappa shape index (κ1) is 20.5. The number of carbonyl (C=O) groups excluding carboxylic acids is 3. The summed E-state index contributed by atoms with van der Waals surface area (Å²) in [5.41, 5.74) is 0.921. The van der Waals surface area contributed by atoms with Gasteiger partial charge in [-0.1, -0.05) is 0 Å². The van der Waals surface area contributed by atoms with Crippen LogP contribution in [0.5, 0.6) is 0 Å². The van der Waals surface area contributed by atoms with E-state index >= 15 is 0 Å². The van der Waals surface area contributed by atoms with Crippen LogP contribution in [0.2, 0.25) is 0 Å². The molecule has 0 unspecified atom stereocenters. The molecule has 152 valence electrons. The first-order valence-electron chi connectivity index (χ1n) is 8.81. The molecule has 0 saturated heterocycles. The van der Waals surface area contributed by atoms with Gasteiger partial charge in [0.2, 0.25) is 5.91 Å². The summed E-state index contributed by atoms with van der Waals surface area (Å²) in [6.07, 6.45) is 2.70. The normalized spacial score (nSPS) is 10.7. The highest BCUT2D eigenvalue weighted by molar-refractivity contribution is 7.15. The number of hydrogen-bond acceptors (Lipinski definition) is 7. The van der Waals surface area contributed by atoms with E-state index in [0.29, 0.717) is 11.3 Å². The third-order valence-electron chi connectivity index (χ3n) is 3.83. The van der Waals surface area contributed by atoms with Gasteiger partial charge in [0.1, 0.15) is 22.0 Å². The minimum absolute atomic E-state index is 0.0359. The highest BCUT2D eigenvalue weighted by Gasteiger charge is 2.26. The number of hydrogen-bond donors (Lipinski definition) is 1. The lowest BCUT2D eigenvalue weighted by atomic mass is 10.2. The van der Waals surface area contributed by atoms with E-state index in [9.17, 15) is 18.8 Å². The maximum Gasteiger partial charge on any atom is 0.342 e. The van der Waals surface area contributed by atoms with Crippen LogP contribution in [0.15, 0.2) is 29.9 Å². The molecule has 3 heterocycles. The zero-order chi connectivity index (χ0) is 21.0. The maximum atomic E-state index is 13.3. The highest BCUT2D eigenvalue weighted by atomic mass is 32.1. The molecule has 1 amide bonds. The molecule has 1 N–H and O–H groups in total. The van der Waals surface area contributed by atoms with Crippen LogP contribution in [0, 0.1) is 5.82 Å². The van der Waals surface area contributed by atoms with Crippen molar-refractivity contribution in [2.75, 3.05) is 18.5 Å². The number of thiophene rings is 1. The molecule has 0 aliphatic rings. The molecule has 8 nitrogen and oxygen atoms in total. The maximum absolute atomic E-state index is 13.3. The van der Waals surface area contributed by atoms with Gasteiger partial charge in [-0.3, -0.25) is 4.79 Å². The van der Waals surface area contributed by atoms with Gasteiger partial charge in [0.15, 0.2) is 0 Å². The summed E-state index contributed by atoms with van der Waals surface area (Å²) >= 11 is 1.02. The monoisotopic (exact) mass is 419 g/mol. The second-order valence-electron chi connectivity index (χ2n) is 5.86. The molecule has 3 rings (SSSR count). The zero-order valence-corrected chi connectivity index (χ0v) is 16.5. The smallest absolute Gasteiger partial charge is 0.342 e. The predicted octanol–water partition coefficient (Wildman–Crippen LogP) is 3.07. The first-order valence-corrected chi connectivity index (χ1v) is 9.69. The third-order valence-corrected chi connectivity index (χ3v) is 4.72. The average Bonchev–Trinajstić information content (AvgIpc) is 3.25. The van der Waals surface area contributed by atoms with E-state index in [4.69, 9.17) is 9.47 Å². The molecular weight excluding hydrogens is 401 g/mol. The lowest BCUT2D eigenvalue weighted by Crippen LogP contribution is -2.18. The molecule has 0 aliphatic heterocycles. The number of nitrogens with zero attached hydrogens (tertiary/aromatic N) is 2. The molecule has 0 fully saturated rings. The molecule has 10 heteroatoms. The Morgan fingerprint density at radius 2 is 1.86 bits per heavy atom. The fraction of sp³-hybridized carbons (Fsp3) is 0.263. The quantitative estimate of drug-likeness (QED) is 0.591. The second-order valence-corrected chi connectivity index (χ2v) is 6.74. The number of rotatable bonds is 7. The Kier molecular flexibility index (Phi) is 6.23. The van der Waals surface area contributed by atoms with Gasteiger partial charge in [0.05, 0.1) is 30.9 Å². The summed E-state index contributed by atoms with van der Waals surface area (Å²) in [5.74, 6) is -2.27.